The SMILES string of the molecule is Cc1ccc(CNC(=O)C2Nc3ccccc3S(=O)(=O)N2)o1. The van der Waals surface area contributed by atoms with Crippen LogP contribution in [0.4, 0.5) is 5.69 Å². The Morgan fingerprint density at radius 3 is 2.77 bits per heavy atom. The Kier molecular flexibility index (Phi) is 3.63. The summed E-state index contributed by atoms with van der Waals surface area (Å²) in [6.45, 7) is 1.99. The molecule has 1 amide bonds. The molecular weight excluding hydrogens is 306 g/mol. The number of carbonyl (C=O) groups is 1. The number of nitrogens with one attached hydrogen (secondary N) is 3. The van der Waals surface area contributed by atoms with E-state index >= 15 is 0 Å². The van der Waals surface area contributed by atoms with Crippen molar-refractivity contribution in [3.05, 3.63) is 47.9 Å². The molecule has 3 N–H and O–H groups in total. The lowest BCUT2D eigenvalue weighted by Crippen LogP contribution is -2.53. The first-order chi connectivity index (χ1) is 10.5. The molecule has 7 nitrogen and oxygen atoms in total. The molecule has 1 aliphatic heterocycles. The van der Waals surface area contributed by atoms with Crippen LogP contribution >= 0.6 is 0 Å². The highest BCUT2D eigenvalue weighted by molar-refractivity contribution is 7.89. The van der Waals surface area contributed by atoms with Crippen LogP contribution in [0.1, 0.15) is 11.5 Å². The topological polar surface area (TPSA) is 100 Å². The van der Waals surface area contributed by atoms with Gasteiger partial charge in [-0.2, -0.15) is 4.72 Å². The lowest BCUT2D eigenvalue weighted by atomic mass is 10.3. The van der Waals surface area contributed by atoms with E-state index in [2.05, 4.69) is 15.4 Å². The van der Waals surface area contributed by atoms with E-state index in [9.17, 15) is 13.2 Å². The average molecular weight is 321 g/mol. The molecule has 1 aromatic carbocycles. The lowest BCUT2D eigenvalue weighted by molar-refractivity contribution is -0.122. The van der Waals surface area contributed by atoms with Gasteiger partial charge in [0.1, 0.15) is 16.4 Å². The van der Waals surface area contributed by atoms with Crippen molar-refractivity contribution in [2.45, 2.75) is 24.5 Å². The van der Waals surface area contributed by atoms with Crippen LogP contribution in [-0.4, -0.2) is 20.5 Å². The second kappa shape index (κ2) is 5.47. The van der Waals surface area contributed by atoms with Crippen LogP contribution < -0.4 is 15.4 Å². The Bertz CT molecular complexity index is 813. The standard InChI is InChI=1S/C14H15N3O4S/c1-9-6-7-10(21-9)8-15-14(18)13-16-11-4-2-3-5-12(11)22(19,20)17-13/h2-7,13,16-17H,8H2,1H3,(H,15,18). The third-order valence-corrected chi connectivity index (χ3v) is 4.73. The van der Waals surface area contributed by atoms with Gasteiger partial charge in [-0.05, 0) is 31.2 Å². The maximum atomic E-state index is 12.1. The Labute approximate surface area is 127 Å². The fourth-order valence-electron chi connectivity index (χ4n) is 2.20. The number of furan rings is 1. The van der Waals surface area contributed by atoms with Gasteiger partial charge in [-0.1, -0.05) is 12.1 Å². The summed E-state index contributed by atoms with van der Waals surface area (Å²) in [4.78, 5) is 12.3. The van der Waals surface area contributed by atoms with Crippen LogP contribution in [0, 0.1) is 6.92 Å². The molecule has 0 saturated heterocycles. The first-order valence-corrected chi connectivity index (χ1v) is 8.15. The fourth-order valence-corrected chi connectivity index (χ4v) is 3.48. The van der Waals surface area contributed by atoms with Crippen molar-refractivity contribution in [3.8, 4) is 0 Å². The predicted octanol–water partition coefficient (Wildman–Crippen LogP) is 0.934. The number of sulfonamides is 1. The molecular formula is C14H15N3O4S. The minimum absolute atomic E-state index is 0.126. The van der Waals surface area contributed by atoms with Gasteiger partial charge >= 0.3 is 0 Å². The first-order valence-electron chi connectivity index (χ1n) is 6.67. The molecule has 22 heavy (non-hydrogen) atoms. The number of benzene rings is 1. The number of anilines is 1. The molecule has 0 bridgehead atoms. The molecule has 0 fully saturated rings. The van der Waals surface area contributed by atoms with Crippen molar-refractivity contribution in [2.75, 3.05) is 5.32 Å². The number of hydrogen-bond donors (Lipinski definition) is 3. The van der Waals surface area contributed by atoms with E-state index in [-0.39, 0.29) is 11.4 Å². The second-order valence-electron chi connectivity index (χ2n) is 4.92. The van der Waals surface area contributed by atoms with Crippen molar-refractivity contribution < 1.29 is 17.6 Å². The Hall–Kier alpha value is -2.32. The quantitative estimate of drug-likeness (QED) is 0.781. The predicted molar refractivity (Wildman–Crippen MR) is 79.5 cm³/mol. The zero-order valence-corrected chi connectivity index (χ0v) is 12.6. The van der Waals surface area contributed by atoms with Gasteiger partial charge in [0.2, 0.25) is 10.0 Å². The van der Waals surface area contributed by atoms with Crippen molar-refractivity contribution in [2.24, 2.45) is 0 Å². The summed E-state index contributed by atoms with van der Waals surface area (Å²) < 4.78 is 31.9. The van der Waals surface area contributed by atoms with Crippen LogP contribution in [0.3, 0.4) is 0 Å². The van der Waals surface area contributed by atoms with Crippen molar-refractivity contribution in [1.82, 2.24) is 10.0 Å². The maximum Gasteiger partial charge on any atom is 0.258 e. The highest BCUT2D eigenvalue weighted by Crippen LogP contribution is 2.25. The molecule has 0 saturated carbocycles. The monoisotopic (exact) mass is 321 g/mol. The molecule has 0 spiro atoms. The summed E-state index contributed by atoms with van der Waals surface area (Å²) in [5.74, 6) is 0.867. The van der Waals surface area contributed by atoms with E-state index in [1.54, 1.807) is 37.3 Å². The third-order valence-electron chi connectivity index (χ3n) is 3.24. The zero-order chi connectivity index (χ0) is 15.7. The number of hydrogen-bond acceptors (Lipinski definition) is 5. The molecule has 0 aliphatic carbocycles. The highest BCUT2D eigenvalue weighted by Gasteiger charge is 2.32. The van der Waals surface area contributed by atoms with E-state index in [1.807, 2.05) is 0 Å². The summed E-state index contributed by atoms with van der Waals surface area (Å²) in [7, 11) is -3.71. The molecule has 0 radical (unpaired) electrons. The normalized spacial score (nSPS) is 19.0. The summed E-state index contributed by atoms with van der Waals surface area (Å²) in [6, 6.07) is 9.96. The molecule has 116 valence electrons. The van der Waals surface area contributed by atoms with E-state index in [1.165, 1.54) is 6.07 Å². The number of fused-ring (bicyclic) bond motifs is 1. The number of carbonyl (C=O) groups excluding carboxylic acids is 1. The minimum atomic E-state index is -3.71. The Morgan fingerprint density at radius 1 is 1.27 bits per heavy atom. The zero-order valence-electron chi connectivity index (χ0n) is 11.8. The minimum Gasteiger partial charge on any atom is -0.465 e. The molecule has 1 unspecified atom stereocenters. The Balaban J connectivity index is 1.72. The largest absolute Gasteiger partial charge is 0.465 e. The van der Waals surface area contributed by atoms with Gasteiger partial charge in [0.25, 0.3) is 5.91 Å². The van der Waals surface area contributed by atoms with E-state index < -0.39 is 22.1 Å². The second-order valence-corrected chi connectivity index (χ2v) is 6.61. The molecule has 2 heterocycles. The summed E-state index contributed by atoms with van der Waals surface area (Å²) in [5.41, 5.74) is 0.398. The first kappa shape index (κ1) is 14.6. The Morgan fingerprint density at radius 2 is 2.05 bits per heavy atom. The summed E-state index contributed by atoms with van der Waals surface area (Å²) >= 11 is 0. The van der Waals surface area contributed by atoms with Gasteiger partial charge in [0.15, 0.2) is 6.17 Å². The van der Waals surface area contributed by atoms with E-state index in [0.717, 1.165) is 5.76 Å². The molecule has 1 aliphatic rings. The number of rotatable bonds is 3. The van der Waals surface area contributed by atoms with Gasteiger partial charge in [0, 0.05) is 0 Å². The van der Waals surface area contributed by atoms with Crippen LogP contribution in [0.2, 0.25) is 0 Å². The van der Waals surface area contributed by atoms with Gasteiger partial charge in [-0.25, -0.2) is 8.42 Å². The van der Waals surface area contributed by atoms with Crippen molar-refractivity contribution in [1.29, 1.82) is 0 Å². The average Bonchev–Trinajstić information content (AvgIpc) is 2.90. The summed E-state index contributed by atoms with van der Waals surface area (Å²) in [6.07, 6.45) is -1.06. The van der Waals surface area contributed by atoms with Crippen LogP contribution in [0.5, 0.6) is 0 Å². The molecule has 1 aromatic heterocycles. The van der Waals surface area contributed by atoms with Gasteiger partial charge in [-0.3, -0.25) is 4.79 Å². The highest BCUT2D eigenvalue weighted by atomic mass is 32.2. The molecule has 8 heteroatoms. The molecule has 3 rings (SSSR count). The summed E-state index contributed by atoms with van der Waals surface area (Å²) in [5, 5.41) is 5.49. The van der Waals surface area contributed by atoms with Gasteiger partial charge < -0.3 is 15.1 Å². The van der Waals surface area contributed by atoms with Crippen molar-refractivity contribution >= 4 is 21.6 Å². The van der Waals surface area contributed by atoms with Crippen LogP contribution in [0.15, 0.2) is 45.7 Å². The van der Waals surface area contributed by atoms with Crippen LogP contribution in [0.25, 0.3) is 0 Å². The van der Waals surface area contributed by atoms with E-state index in [4.69, 9.17) is 4.42 Å². The van der Waals surface area contributed by atoms with Crippen LogP contribution in [-0.2, 0) is 21.4 Å². The fraction of sp³-hybridized carbons (Fsp3) is 0.214. The molecule has 1 atom stereocenters. The van der Waals surface area contributed by atoms with Crippen molar-refractivity contribution in [3.63, 3.8) is 0 Å². The van der Waals surface area contributed by atoms with Gasteiger partial charge in [-0.15, -0.1) is 0 Å². The van der Waals surface area contributed by atoms with Gasteiger partial charge in [0.05, 0.1) is 12.2 Å². The van der Waals surface area contributed by atoms with E-state index in [0.29, 0.717) is 11.4 Å². The third kappa shape index (κ3) is 2.83. The molecule has 2 aromatic rings. The maximum absolute atomic E-state index is 12.1. The number of amides is 1. The number of para-hydroxylation sites is 1. The lowest BCUT2D eigenvalue weighted by Gasteiger charge is -2.26. The smallest absolute Gasteiger partial charge is 0.258 e. The number of aryl methyl sites for hydroxylation is 1.